The minimum absolute atomic E-state index is 0.0511. The smallest absolute Gasteiger partial charge is 0.342 e. The van der Waals surface area contributed by atoms with E-state index in [4.69, 9.17) is 26.2 Å². The van der Waals surface area contributed by atoms with E-state index in [0.29, 0.717) is 5.92 Å². The summed E-state index contributed by atoms with van der Waals surface area (Å²) >= 11 is 5.84. The Balaban J connectivity index is 2.28. The molecule has 1 saturated carbocycles. The summed E-state index contributed by atoms with van der Waals surface area (Å²) in [6.45, 7) is 0.282. The lowest BCUT2D eigenvalue weighted by Gasteiger charge is -2.12. The van der Waals surface area contributed by atoms with Crippen molar-refractivity contribution in [3.05, 3.63) is 22.7 Å². The highest BCUT2D eigenvalue weighted by atomic mass is 35.5. The third kappa shape index (κ3) is 4.09. The van der Waals surface area contributed by atoms with E-state index in [0.717, 1.165) is 25.3 Å². The van der Waals surface area contributed by atoms with Gasteiger partial charge in [0.1, 0.15) is 10.5 Å². The van der Waals surface area contributed by atoms with Crippen molar-refractivity contribution in [2.24, 2.45) is 11.1 Å². The number of ether oxygens (including phenoxy) is 2. The van der Waals surface area contributed by atoms with E-state index in [1.807, 2.05) is 0 Å². The average molecular weight is 334 g/mol. The molecule has 8 heteroatoms. The van der Waals surface area contributed by atoms with Crippen LogP contribution in [0.3, 0.4) is 0 Å². The molecule has 2 rings (SSSR count). The Morgan fingerprint density at radius 2 is 2.10 bits per heavy atom. The van der Waals surface area contributed by atoms with Crippen LogP contribution in [0.5, 0.6) is 5.75 Å². The van der Waals surface area contributed by atoms with Crippen molar-refractivity contribution in [2.45, 2.75) is 24.2 Å². The van der Waals surface area contributed by atoms with Crippen molar-refractivity contribution in [1.82, 2.24) is 0 Å². The molecule has 1 aromatic carbocycles. The van der Waals surface area contributed by atoms with Crippen LogP contribution >= 0.6 is 11.6 Å². The van der Waals surface area contributed by atoms with Gasteiger partial charge in [0.2, 0.25) is 10.0 Å². The summed E-state index contributed by atoms with van der Waals surface area (Å²) in [7, 11) is -2.82. The molecule has 0 radical (unpaired) electrons. The number of carbonyl (C=O) groups is 1. The van der Waals surface area contributed by atoms with Crippen LogP contribution in [0.4, 0.5) is 0 Å². The van der Waals surface area contributed by atoms with Crippen LogP contribution in [-0.2, 0) is 14.8 Å². The van der Waals surface area contributed by atoms with Gasteiger partial charge in [0.15, 0.2) is 5.75 Å². The fourth-order valence-corrected chi connectivity index (χ4v) is 2.97. The highest BCUT2D eigenvalue weighted by molar-refractivity contribution is 7.89. The Kier molecular flexibility index (Phi) is 4.75. The van der Waals surface area contributed by atoms with E-state index < -0.39 is 16.0 Å². The molecule has 1 aliphatic carbocycles. The van der Waals surface area contributed by atoms with Crippen molar-refractivity contribution in [3.63, 3.8) is 0 Å². The lowest BCUT2D eigenvalue weighted by Crippen LogP contribution is -2.16. The van der Waals surface area contributed by atoms with E-state index in [2.05, 4.69) is 0 Å². The fraction of sp³-hybridized carbons (Fsp3) is 0.462. The van der Waals surface area contributed by atoms with Crippen molar-refractivity contribution in [3.8, 4) is 5.75 Å². The van der Waals surface area contributed by atoms with Gasteiger partial charge in [0, 0.05) is 5.02 Å². The first-order chi connectivity index (χ1) is 9.82. The first-order valence-corrected chi connectivity index (χ1v) is 8.33. The Labute approximate surface area is 128 Å². The molecule has 0 saturated heterocycles. The summed E-state index contributed by atoms with van der Waals surface area (Å²) < 4.78 is 33.2. The number of halogens is 1. The van der Waals surface area contributed by atoms with Gasteiger partial charge >= 0.3 is 5.97 Å². The molecule has 6 nitrogen and oxygen atoms in total. The summed E-state index contributed by atoms with van der Waals surface area (Å²) in [5.41, 5.74) is -0.0511. The van der Waals surface area contributed by atoms with Crippen LogP contribution in [0.25, 0.3) is 0 Å². The summed E-state index contributed by atoms with van der Waals surface area (Å²) in [6.07, 6.45) is 3.12. The molecule has 0 heterocycles. The largest absolute Gasteiger partial charge is 0.494 e. The van der Waals surface area contributed by atoms with Crippen molar-refractivity contribution >= 4 is 27.6 Å². The zero-order valence-corrected chi connectivity index (χ0v) is 13.0. The van der Waals surface area contributed by atoms with Crippen molar-refractivity contribution < 1.29 is 22.7 Å². The number of carbonyl (C=O) groups excluding carboxylic acids is 1. The molecule has 116 valence electrons. The molecule has 1 fully saturated rings. The first kappa shape index (κ1) is 16.1. The zero-order valence-electron chi connectivity index (χ0n) is 11.5. The number of sulfonamides is 1. The highest BCUT2D eigenvalue weighted by Gasteiger charge is 2.25. The van der Waals surface area contributed by atoms with Gasteiger partial charge in [-0.25, -0.2) is 18.4 Å². The van der Waals surface area contributed by atoms with Crippen molar-refractivity contribution in [1.29, 1.82) is 0 Å². The second-order valence-electron chi connectivity index (χ2n) is 4.90. The van der Waals surface area contributed by atoms with E-state index in [1.165, 1.54) is 13.2 Å². The second-order valence-corrected chi connectivity index (χ2v) is 6.86. The molecular formula is C13H16ClNO5S. The minimum atomic E-state index is -4.07. The molecule has 0 unspecified atom stereocenters. The summed E-state index contributed by atoms with van der Waals surface area (Å²) in [4.78, 5) is 11.7. The third-order valence-electron chi connectivity index (χ3n) is 3.21. The van der Waals surface area contributed by atoms with Crippen LogP contribution in [0.1, 0.15) is 29.6 Å². The SMILES string of the molecule is COc1c(C(=O)OCCC2CC2)cc(Cl)cc1S(N)(=O)=O. The second kappa shape index (κ2) is 6.21. The van der Waals surface area contributed by atoms with Gasteiger partial charge in [-0.05, 0) is 24.5 Å². The lowest BCUT2D eigenvalue weighted by molar-refractivity contribution is 0.0490. The van der Waals surface area contributed by atoms with E-state index in [1.54, 1.807) is 0 Å². The van der Waals surface area contributed by atoms with Gasteiger partial charge in [-0.3, -0.25) is 0 Å². The molecule has 0 amide bonds. The molecular weight excluding hydrogens is 318 g/mol. The molecule has 0 aromatic heterocycles. The Hall–Kier alpha value is -1.31. The molecule has 21 heavy (non-hydrogen) atoms. The average Bonchev–Trinajstić information content (AvgIpc) is 3.20. The van der Waals surface area contributed by atoms with Crippen LogP contribution in [0, 0.1) is 5.92 Å². The van der Waals surface area contributed by atoms with Gasteiger partial charge in [0.05, 0.1) is 13.7 Å². The number of primary sulfonamides is 1. The first-order valence-electron chi connectivity index (χ1n) is 6.40. The van der Waals surface area contributed by atoms with Crippen LogP contribution in [0.15, 0.2) is 17.0 Å². The van der Waals surface area contributed by atoms with E-state index >= 15 is 0 Å². The summed E-state index contributed by atoms with van der Waals surface area (Å²) in [5, 5.41) is 5.16. The normalized spacial score (nSPS) is 14.8. The molecule has 0 spiro atoms. The maximum atomic E-state index is 12.1. The van der Waals surface area contributed by atoms with Crippen molar-refractivity contribution in [2.75, 3.05) is 13.7 Å². The third-order valence-corrected chi connectivity index (χ3v) is 4.34. The molecule has 0 bridgehead atoms. The molecule has 0 aliphatic heterocycles. The number of nitrogens with two attached hydrogens (primary N) is 1. The standard InChI is InChI=1S/C13H16ClNO5S/c1-19-12-10(13(16)20-5-4-8-2-3-8)6-9(14)7-11(12)21(15,17)18/h6-8H,2-5H2,1H3,(H2,15,17,18). The van der Waals surface area contributed by atoms with E-state index in [-0.39, 0.29) is 27.8 Å². The van der Waals surface area contributed by atoms with Gasteiger partial charge < -0.3 is 9.47 Å². The van der Waals surface area contributed by atoms with Gasteiger partial charge in [-0.2, -0.15) is 0 Å². The van der Waals surface area contributed by atoms with Gasteiger partial charge in [-0.1, -0.05) is 24.4 Å². The molecule has 0 atom stereocenters. The Morgan fingerprint density at radius 3 is 2.62 bits per heavy atom. The molecule has 1 aliphatic rings. The molecule has 2 N–H and O–H groups in total. The number of rotatable bonds is 6. The van der Waals surface area contributed by atoms with Gasteiger partial charge in [-0.15, -0.1) is 0 Å². The maximum absolute atomic E-state index is 12.1. The quantitative estimate of drug-likeness (QED) is 0.803. The predicted molar refractivity (Wildman–Crippen MR) is 77.0 cm³/mol. The zero-order chi connectivity index (χ0) is 15.6. The monoisotopic (exact) mass is 333 g/mol. The van der Waals surface area contributed by atoms with Crippen LogP contribution in [-0.4, -0.2) is 28.1 Å². The summed E-state index contributed by atoms with van der Waals surface area (Å²) in [6, 6.07) is 2.44. The Bertz CT molecular complexity index is 655. The number of esters is 1. The Morgan fingerprint density at radius 1 is 1.43 bits per heavy atom. The number of benzene rings is 1. The van der Waals surface area contributed by atoms with Crippen LogP contribution in [0.2, 0.25) is 5.02 Å². The number of hydrogen-bond donors (Lipinski definition) is 1. The predicted octanol–water partition coefficient (Wildman–Crippen LogP) is 1.95. The van der Waals surface area contributed by atoms with Crippen LogP contribution < -0.4 is 9.88 Å². The molecule has 1 aromatic rings. The highest BCUT2D eigenvalue weighted by Crippen LogP contribution is 2.33. The number of hydrogen-bond acceptors (Lipinski definition) is 5. The minimum Gasteiger partial charge on any atom is -0.494 e. The summed E-state index contributed by atoms with van der Waals surface area (Å²) in [5.74, 6) is -0.211. The fourth-order valence-electron chi connectivity index (χ4n) is 1.94. The van der Waals surface area contributed by atoms with Gasteiger partial charge in [0.25, 0.3) is 0 Å². The number of methoxy groups -OCH3 is 1. The topological polar surface area (TPSA) is 95.7 Å². The van der Waals surface area contributed by atoms with E-state index in [9.17, 15) is 13.2 Å². The lowest BCUT2D eigenvalue weighted by atomic mass is 10.2. The maximum Gasteiger partial charge on any atom is 0.342 e.